The first-order chi connectivity index (χ1) is 14.3. The molecule has 29 heavy (non-hydrogen) atoms. The van der Waals surface area contributed by atoms with Gasteiger partial charge in [0.05, 0.1) is 7.11 Å². The van der Waals surface area contributed by atoms with Crippen molar-refractivity contribution in [2.24, 2.45) is 5.92 Å². The fraction of sp³-hybridized carbons (Fsp3) is 0.346. The third-order valence-corrected chi connectivity index (χ3v) is 6.67. The van der Waals surface area contributed by atoms with Gasteiger partial charge in [0.15, 0.2) is 5.58 Å². The van der Waals surface area contributed by atoms with E-state index in [-0.39, 0.29) is 0 Å². The molecule has 2 aliphatic rings. The van der Waals surface area contributed by atoms with Crippen LogP contribution in [-0.2, 0) is 19.3 Å². The van der Waals surface area contributed by atoms with E-state index in [2.05, 4.69) is 24.3 Å². The number of nitrogens with zero attached hydrogens (tertiary/aromatic N) is 1. The first-order valence-electron chi connectivity index (χ1n) is 10.8. The van der Waals surface area contributed by atoms with Crippen LogP contribution < -0.4 is 4.74 Å². The fourth-order valence-electron chi connectivity index (χ4n) is 4.99. The predicted octanol–water partition coefficient (Wildman–Crippen LogP) is 6.49. The van der Waals surface area contributed by atoms with Crippen LogP contribution in [0, 0.1) is 5.92 Å². The van der Waals surface area contributed by atoms with Crippen molar-refractivity contribution in [3.63, 3.8) is 0 Å². The van der Waals surface area contributed by atoms with Crippen LogP contribution in [0.15, 0.2) is 47.0 Å². The lowest BCUT2D eigenvalue weighted by Gasteiger charge is -2.20. The van der Waals surface area contributed by atoms with E-state index in [4.69, 9.17) is 14.1 Å². The van der Waals surface area contributed by atoms with Crippen molar-refractivity contribution in [3.05, 3.63) is 59.3 Å². The highest BCUT2D eigenvalue weighted by Gasteiger charge is 2.28. The minimum absolute atomic E-state index is 0.852. The number of hydrogen-bond donors (Lipinski definition) is 0. The van der Waals surface area contributed by atoms with E-state index >= 15 is 0 Å². The third-order valence-electron chi connectivity index (χ3n) is 6.67. The zero-order valence-electron chi connectivity index (χ0n) is 16.8. The number of furan rings is 1. The largest absolute Gasteiger partial charge is 0.497 e. The maximum Gasteiger partial charge on any atom is 0.161 e. The van der Waals surface area contributed by atoms with Gasteiger partial charge in [-0.25, -0.2) is 0 Å². The minimum Gasteiger partial charge on any atom is -0.497 e. The summed E-state index contributed by atoms with van der Waals surface area (Å²) in [7, 11) is 1.69. The van der Waals surface area contributed by atoms with Gasteiger partial charge >= 0.3 is 0 Å². The highest BCUT2D eigenvalue weighted by molar-refractivity contribution is 6.10. The van der Waals surface area contributed by atoms with E-state index in [1.165, 1.54) is 61.3 Å². The van der Waals surface area contributed by atoms with Crippen molar-refractivity contribution in [2.75, 3.05) is 7.11 Å². The Kier molecular flexibility index (Phi) is 3.90. The fourth-order valence-corrected chi connectivity index (χ4v) is 4.99. The Morgan fingerprint density at radius 2 is 1.90 bits per heavy atom. The van der Waals surface area contributed by atoms with Gasteiger partial charge in [0, 0.05) is 22.5 Å². The molecule has 0 N–H and O–H groups in total. The van der Waals surface area contributed by atoms with Gasteiger partial charge in [-0.15, -0.1) is 0 Å². The van der Waals surface area contributed by atoms with Crippen molar-refractivity contribution in [2.45, 2.75) is 44.9 Å². The smallest absolute Gasteiger partial charge is 0.161 e. The summed E-state index contributed by atoms with van der Waals surface area (Å²) in [5, 5.41) is 2.55. The molecule has 0 radical (unpaired) electrons. The molecule has 0 atom stereocenters. The number of aromatic nitrogens is 1. The van der Waals surface area contributed by atoms with Crippen LogP contribution in [0.25, 0.3) is 33.2 Å². The average Bonchev–Trinajstić information content (AvgIpc) is 3.51. The van der Waals surface area contributed by atoms with Gasteiger partial charge in [0.25, 0.3) is 0 Å². The molecule has 6 rings (SSSR count). The number of methoxy groups -OCH3 is 1. The van der Waals surface area contributed by atoms with Crippen LogP contribution in [0.2, 0.25) is 0 Å². The monoisotopic (exact) mass is 383 g/mol. The first kappa shape index (κ1) is 17.1. The second-order valence-corrected chi connectivity index (χ2v) is 8.59. The SMILES string of the molecule is COc1ccc(-c2nccc3c2oc2cc4c(c(CC5CC5)c23)CCCC4)cc1. The second kappa shape index (κ2) is 6.62. The molecule has 0 amide bonds. The number of pyridine rings is 1. The highest BCUT2D eigenvalue weighted by Crippen LogP contribution is 2.43. The molecule has 2 aromatic heterocycles. The number of fused-ring (bicyclic) bond motifs is 4. The molecule has 146 valence electrons. The van der Waals surface area contributed by atoms with Crippen LogP contribution in [-0.4, -0.2) is 12.1 Å². The Balaban J connectivity index is 1.61. The second-order valence-electron chi connectivity index (χ2n) is 8.59. The van der Waals surface area contributed by atoms with Crippen molar-refractivity contribution < 1.29 is 9.15 Å². The van der Waals surface area contributed by atoms with Gasteiger partial charge in [-0.2, -0.15) is 0 Å². The van der Waals surface area contributed by atoms with Crippen LogP contribution >= 0.6 is 0 Å². The summed E-state index contributed by atoms with van der Waals surface area (Å²) in [6.45, 7) is 0. The Labute approximate surface area is 170 Å². The summed E-state index contributed by atoms with van der Waals surface area (Å²) in [5.41, 5.74) is 8.61. The predicted molar refractivity (Wildman–Crippen MR) is 117 cm³/mol. The van der Waals surface area contributed by atoms with Crippen molar-refractivity contribution in [1.82, 2.24) is 4.98 Å². The lowest BCUT2D eigenvalue weighted by Crippen LogP contribution is -2.07. The molecule has 2 aromatic carbocycles. The van der Waals surface area contributed by atoms with E-state index in [1.54, 1.807) is 18.2 Å². The highest BCUT2D eigenvalue weighted by atomic mass is 16.5. The summed E-state index contributed by atoms with van der Waals surface area (Å²) >= 11 is 0. The van der Waals surface area contributed by atoms with Crippen LogP contribution in [0.3, 0.4) is 0 Å². The maximum absolute atomic E-state index is 6.51. The quantitative estimate of drug-likeness (QED) is 0.404. The van der Waals surface area contributed by atoms with Gasteiger partial charge in [-0.05, 0) is 104 Å². The zero-order chi connectivity index (χ0) is 19.4. The van der Waals surface area contributed by atoms with Gasteiger partial charge in [0.2, 0.25) is 0 Å². The molecule has 0 unspecified atom stereocenters. The Bertz CT molecular complexity index is 1220. The number of ether oxygens (including phenoxy) is 1. The molecule has 0 bridgehead atoms. The molecule has 3 heteroatoms. The summed E-state index contributed by atoms with van der Waals surface area (Å²) < 4.78 is 11.8. The van der Waals surface area contributed by atoms with E-state index in [1.807, 2.05) is 18.3 Å². The summed E-state index contributed by atoms with van der Waals surface area (Å²) in [6.07, 6.45) is 10.9. The molecule has 0 aliphatic heterocycles. The third kappa shape index (κ3) is 2.83. The van der Waals surface area contributed by atoms with Gasteiger partial charge in [0.1, 0.15) is 17.0 Å². The van der Waals surface area contributed by atoms with Gasteiger partial charge in [-0.1, -0.05) is 0 Å². The van der Waals surface area contributed by atoms with E-state index < -0.39 is 0 Å². The van der Waals surface area contributed by atoms with Crippen LogP contribution in [0.4, 0.5) is 0 Å². The lowest BCUT2D eigenvalue weighted by atomic mass is 9.84. The molecule has 0 spiro atoms. The Hall–Kier alpha value is -2.81. The molecular weight excluding hydrogens is 358 g/mol. The number of aryl methyl sites for hydroxylation is 1. The molecule has 4 aromatic rings. The molecule has 2 aliphatic carbocycles. The maximum atomic E-state index is 6.51. The molecular formula is C26H25NO2. The van der Waals surface area contributed by atoms with E-state index in [0.29, 0.717) is 0 Å². The molecule has 1 fully saturated rings. The summed E-state index contributed by atoms with van der Waals surface area (Å²) in [6, 6.07) is 12.5. The van der Waals surface area contributed by atoms with Crippen LogP contribution in [0.5, 0.6) is 5.75 Å². The molecule has 1 saturated carbocycles. The lowest BCUT2D eigenvalue weighted by molar-refractivity contribution is 0.415. The van der Waals surface area contributed by atoms with E-state index in [9.17, 15) is 0 Å². The van der Waals surface area contributed by atoms with Crippen molar-refractivity contribution in [1.29, 1.82) is 0 Å². The topological polar surface area (TPSA) is 35.3 Å². The number of rotatable bonds is 4. The summed E-state index contributed by atoms with van der Waals surface area (Å²) in [5.74, 6) is 1.71. The molecule has 2 heterocycles. The number of hydrogen-bond acceptors (Lipinski definition) is 3. The average molecular weight is 383 g/mol. The number of benzene rings is 2. The first-order valence-corrected chi connectivity index (χ1v) is 10.8. The molecule has 3 nitrogen and oxygen atoms in total. The Morgan fingerprint density at radius 1 is 1.07 bits per heavy atom. The molecule has 0 saturated heterocycles. The van der Waals surface area contributed by atoms with E-state index in [0.717, 1.165) is 34.1 Å². The van der Waals surface area contributed by atoms with Gasteiger partial charge < -0.3 is 9.15 Å². The van der Waals surface area contributed by atoms with Crippen molar-refractivity contribution in [3.8, 4) is 17.0 Å². The standard InChI is InChI=1S/C26H25NO2/c1-28-19-10-8-17(9-11-19)25-26-21(12-13-27-25)24-22(14-16-6-7-16)20-5-3-2-4-18(20)15-23(24)29-26/h8-13,15-16H,2-7,14H2,1H3. The Morgan fingerprint density at radius 3 is 2.69 bits per heavy atom. The van der Waals surface area contributed by atoms with Gasteiger partial charge in [-0.3, -0.25) is 4.98 Å². The van der Waals surface area contributed by atoms with Crippen LogP contribution in [0.1, 0.15) is 42.4 Å². The van der Waals surface area contributed by atoms with Crippen molar-refractivity contribution >= 4 is 21.9 Å². The minimum atomic E-state index is 0.852. The summed E-state index contributed by atoms with van der Waals surface area (Å²) in [4.78, 5) is 4.69. The zero-order valence-corrected chi connectivity index (χ0v) is 16.8. The normalized spacial score (nSPS) is 16.3.